The summed E-state index contributed by atoms with van der Waals surface area (Å²) in [5.74, 6) is -3.69. The van der Waals surface area contributed by atoms with Crippen molar-refractivity contribution in [3.8, 4) is 16.9 Å². The molecule has 0 saturated carbocycles. The van der Waals surface area contributed by atoms with E-state index in [1.165, 1.54) is 0 Å². The average Bonchev–Trinajstić information content (AvgIpc) is 2.94. The number of unbranched alkanes of at least 4 members (excludes halogenated alkanes) is 1. The fourth-order valence-electron chi connectivity index (χ4n) is 3.73. The third kappa shape index (κ3) is 11.9. The van der Waals surface area contributed by atoms with Crippen molar-refractivity contribution in [2.75, 3.05) is 19.8 Å². The summed E-state index contributed by atoms with van der Waals surface area (Å²) in [6.07, 6.45) is -2.61. The molecular formula is C28H33FN2O10. The van der Waals surface area contributed by atoms with Crippen LogP contribution in [0.1, 0.15) is 48.9 Å². The molecule has 0 heterocycles. The number of carbonyl (C=O) groups excluding carboxylic acids is 2. The van der Waals surface area contributed by atoms with Gasteiger partial charge in [0, 0.05) is 18.5 Å². The highest BCUT2D eigenvalue weighted by Crippen LogP contribution is 2.23. The number of hydrogen-bond acceptors (Lipinski definition) is 7. The molecule has 0 fully saturated rings. The summed E-state index contributed by atoms with van der Waals surface area (Å²) in [5.41, 5.74) is 2.19. The van der Waals surface area contributed by atoms with Crippen LogP contribution >= 0.6 is 0 Å². The van der Waals surface area contributed by atoms with Gasteiger partial charge in [0.2, 0.25) is 6.10 Å². The second-order valence-corrected chi connectivity index (χ2v) is 8.94. The number of carboxylic acid groups (broad SMARTS) is 3. The van der Waals surface area contributed by atoms with Crippen LogP contribution in [0.5, 0.6) is 5.75 Å². The van der Waals surface area contributed by atoms with E-state index in [1.54, 1.807) is 36.4 Å². The van der Waals surface area contributed by atoms with Crippen molar-refractivity contribution in [1.29, 1.82) is 0 Å². The van der Waals surface area contributed by atoms with Gasteiger partial charge in [0.15, 0.2) is 0 Å². The average molecular weight is 577 g/mol. The quantitative estimate of drug-likeness (QED) is 0.164. The molecule has 0 aromatic heterocycles. The Balaban J connectivity index is 1.75. The molecule has 2 rings (SSSR count). The number of amides is 2. The molecule has 41 heavy (non-hydrogen) atoms. The molecule has 2 aromatic rings. The number of rotatable bonds is 18. The van der Waals surface area contributed by atoms with Crippen molar-refractivity contribution in [1.82, 2.24) is 10.6 Å². The van der Waals surface area contributed by atoms with E-state index in [2.05, 4.69) is 5.32 Å². The van der Waals surface area contributed by atoms with Gasteiger partial charge in [0.05, 0.1) is 0 Å². The molecule has 0 aliphatic carbocycles. The fourth-order valence-corrected chi connectivity index (χ4v) is 3.73. The molecule has 0 unspecified atom stereocenters. The maximum Gasteiger partial charge on any atom is 0.408 e. The molecule has 222 valence electrons. The maximum absolute atomic E-state index is 12.4. The van der Waals surface area contributed by atoms with Crippen LogP contribution in [-0.2, 0) is 19.1 Å². The second kappa shape index (κ2) is 17.1. The lowest BCUT2D eigenvalue weighted by Gasteiger charge is -2.17. The summed E-state index contributed by atoms with van der Waals surface area (Å²) in [6, 6.07) is 12.6. The van der Waals surface area contributed by atoms with Crippen LogP contribution < -0.4 is 15.4 Å². The number of carboxylic acids is 3. The minimum absolute atomic E-state index is 0.00204. The molecule has 0 spiro atoms. The minimum atomic E-state index is -1.53. The van der Waals surface area contributed by atoms with Crippen LogP contribution in [0.2, 0.25) is 0 Å². The predicted molar refractivity (Wildman–Crippen MR) is 143 cm³/mol. The molecule has 0 aliphatic rings. The lowest BCUT2D eigenvalue weighted by atomic mass is 10.0. The molecule has 2 amide bonds. The van der Waals surface area contributed by atoms with Crippen molar-refractivity contribution in [2.24, 2.45) is 0 Å². The van der Waals surface area contributed by atoms with Gasteiger partial charge in [-0.3, -0.25) is 9.59 Å². The van der Waals surface area contributed by atoms with Crippen LogP contribution in [0, 0.1) is 0 Å². The molecule has 2 aromatic carbocycles. The number of hydrogen-bond donors (Lipinski definition) is 5. The summed E-state index contributed by atoms with van der Waals surface area (Å²) in [4.78, 5) is 57.8. The van der Waals surface area contributed by atoms with E-state index in [0.717, 1.165) is 11.1 Å². The lowest BCUT2D eigenvalue weighted by molar-refractivity contribution is -0.147. The molecule has 13 heteroatoms. The Labute approximate surface area is 235 Å². The number of alkyl carbamates (subject to hydrolysis) is 1. The Morgan fingerprint density at radius 1 is 0.805 bits per heavy atom. The number of halogens is 1. The summed E-state index contributed by atoms with van der Waals surface area (Å²) in [6.45, 7) is -0.343. The summed E-state index contributed by atoms with van der Waals surface area (Å²) in [7, 11) is 0. The van der Waals surface area contributed by atoms with Gasteiger partial charge in [0.1, 0.15) is 25.1 Å². The van der Waals surface area contributed by atoms with E-state index in [1.807, 2.05) is 17.4 Å². The van der Waals surface area contributed by atoms with E-state index < -0.39 is 42.8 Å². The molecule has 0 bridgehead atoms. The first-order valence-corrected chi connectivity index (χ1v) is 12.9. The Bertz CT molecular complexity index is 1170. The van der Waals surface area contributed by atoms with Gasteiger partial charge in [-0.15, -0.1) is 0 Å². The molecular weight excluding hydrogens is 543 g/mol. The number of carbonyl (C=O) groups is 5. The molecule has 5 N–H and O–H groups in total. The van der Waals surface area contributed by atoms with Gasteiger partial charge in [0.25, 0.3) is 5.91 Å². The predicted octanol–water partition coefficient (Wildman–Crippen LogP) is 3.49. The highest BCUT2D eigenvalue weighted by atomic mass is 19.1. The maximum atomic E-state index is 12.4. The second-order valence-electron chi connectivity index (χ2n) is 8.94. The van der Waals surface area contributed by atoms with Crippen molar-refractivity contribution in [3.05, 3.63) is 54.1 Å². The zero-order valence-corrected chi connectivity index (χ0v) is 22.2. The summed E-state index contributed by atoms with van der Waals surface area (Å²) in [5, 5.41) is 31.9. The monoisotopic (exact) mass is 576 g/mol. The topological polar surface area (TPSA) is 189 Å². The number of alkyl halides is 1. The van der Waals surface area contributed by atoms with Crippen LogP contribution in [0.3, 0.4) is 0 Å². The van der Waals surface area contributed by atoms with E-state index in [0.29, 0.717) is 17.7 Å². The Morgan fingerprint density at radius 3 is 2.00 bits per heavy atom. The van der Waals surface area contributed by atoms with Gasteiger partial charge in [-0.1, -0.05) is 24.3 Å². The highest BCUT2D eigenvalue weighted by Gasteiger charge is 2.26. The lowest BCUT2D eigenvalue weighted by Crippen LogP contribution is -2.43. The first-order chi connectivity index (χ1) is 19.6. The van der Waals surface area contributed by atoms with Gasteiger partial charge >= 0.3 is 24.0 Å². The number of aliphatic carboxylic acids is 3. The summed E-state index contributed by atoms with van der Waals surface area (Å²) < 4.78 is 22.3. The van der Waals surface area contributed by atoms with E-state index in [4.69, 9.17) is 14.6 Å². The van der Waals surface area contributed by atoms with Crippen LogP contribution in [0.15, 0.2) is 48.5 Å². The normalized spacial score (nSPS) is 12.0. The van der Waals surface area contributed by atoms with E-state index >= 15 is 0 Å². The first-order valence-electron chi connectivity index (χ1n) is 12.9. The number of ether oxygens (including phenoxy) is 2. The van der Waals surface area contributed by atoms with E-state index in [-0.39, 0.29) is 51.2 Å². The zero-order valence-electron chi connectivity index (χ0n) is 22.2. The standard InChI is InChI=1S/C28H33FN2O10/c29-15-17-40-21-13-11-19(12-14-21)18-7-9-20(10-8-18)25(34)30-16-2-1-5-23(27(37)38)41-28(39)31-22(26(35)36)4-3-6-24(32)33/h7-14,22-23H,1-6,15-17H2,(H,30,34)(H,31,39)(H,32,33)(H,35,36)(H,37,38)/t22-,23-/m0/s1. The van der Waals surface area contributed by atoms with Crippen molar-refractivity contribution in [2.45, 2.75) is 50.7 Å². The van der Waals surface area contributed by atoms with Crippen molar-refractivity contribution in [3.63, 3.8) is 0 Å². The Kier molecular flexibility index (Phi) is 13.6. The van der Waals surface area contributed by atoms with Crippen LogP contribution in [0.4, 0.5) is 9.18 Å². The zero-order chi connectivity index (χ0) is 30.2. The van der Waals surface area contributed by atoms with Crippen molar-refractivity contribution >= 4 is 29.9 Å². The molecule has 0 radical (unpaired) electrons. The molecule has 0 aliphatic heterocycles. The van der Waals surface area contributed by atoms with Gasteiger partial charge in [-0.05, 0) is 67.5 Å². The Hall–Kier alpha value is -4.68. The number of nitrogens with one attached hydrogen (secondary N) is 2. The third-order valence-corrected chi connectivity index (χ3v) is 5.86. The SMILES string of the molecule is O=C(O)CCC[C@H](NC(=O)O[C@@H](CCCCNC(=O)c1ccc(-c2ccc(OCCF)cc2)cc1)C(=O)O)C(=O)O. The molecule has 2 atom stereocenters. The van der Waals surface area contributed by atoms with Crippen LogP contribution in [0.25, 0.3) is 11.1 Å². The third-order valence-electron chi connectivity index (χ3n) is 5.86. The fraction of sp³-hybridized carbons (Fsp3) is 0.393. The van der Waals surface area contributed by atoms with Gasteiger partial charge in [-0.25, -0.2) is 18.8 Å². The number of benzene rings is 2. The van der Waals surface area contributed by atoms with E-state index in [9.17, 15) is 38.6 Å². The van der Waals surface area contributed by atoms with Crippen LogP contribution in [-0.4, -0.2) is 77.2 Å². The smallest absolute Gasteiger partial charge is 0.408 e. The largest absolute Gasteiger partial charge is 0.491 e. The Morgan fingerprint density at radius 2 is 1.44 bits per heavy atom. The first kappa shape index (κ1) is 32.5. The minimum Gasteiger partial charge on any atom is -0.491 e. The molecule has 12 nitrogen and oxygen atoms in total. The van der Waals surface area contributed by atoms with Crippen molar-refractivity contribution < 1.29 is 53.2 Å². The van der Waals surface area contributed by atoms with Gasteiger partial charge < -0.3 is 35.4 Å². The van der Waals surface area contributed by atoms with Gasteiger partial charge in [-0.2, -0.15) is 0 Å². The molecule has 0 saturated heterocycles. The highest BCUT2D eigenvalue weighted by molar-refractivity contribution is 5.94. The summed E-state index contributed by atoms with van der Waals surface area (Å²) >= 11 is 0.